The van der Waals surface area contributed by atoms with Gasteiger partial charge in [-0.25, -0.2) is 5.48 Å². The minimum absolute atomic E-state index is 0.248. The first-order valence-corrected chi connectivity index (χ1v) is 7.86. The second-order valence-corrected chi connectivity index (χ2v) is 5.92. The molecule has 0 radical (unpaired) electrons. The van der Waals surface area contributed by atoms with Gasteiger partial charge in [-0.05, 0) is 30.4 Å². The second-order valence-electron chi connectivity index (χ2n) is 4.72. The minimum Gasteiger partial charge on any atom is -0.593 e. The molecule has 10 heteroatoms. The highest BCUT2D eigenvalue weighted by atomic mass is 35.5. The summed E-state index contributed by atoms with van der Waals surface area (Å²) in [6.07, 6.45) is 1.53. The van der Waals surface area contributed by atoms with Gasteiger partial charge in [0.2, 0.25) is 0 Å². The van der Waals surface area contributed by atoms with E-state index in [1.165, 1.54) is 6.21 Å². The van der Waals surface area contributed by atoms with E-state index in [1.54, 1.807) is 36.4 Å². The molecule has 4 N–H and O–H groups in total. The van der Waals surface area contributed by atoms with E-state index in [9.17, 15) is 5.21 Å². The number of hydrogen-bond donors (Lipinski definition) is 4. The highest BCUT2D eigenvalue weighted by Gasteiger charge is 2.19. The van der Waals surface area contributed by atoms with Crippen molar-refractivity contribution >= 4 is 63.8 Å². The Morgan fingerprint density at radius 3 is 3.00 bits per heavy atom. The maximum absolute atomic E-state index is 11.5. The van der Waals surface area contributed by atoms with Crippen LogP contribution in [0, 0.1) is 5.21 Å². The minimum atomic E-state index is -0.430. The van der Waals surface area contributed by atoms with E-state index in [4.69, 9.17) is 40.4 Å². The van der Waals surface area contributed by atoms with Crippen LogP contribution in [0.25, 0.3) is 0 Å². The number of halogens is 2. The number of benzene rings is 2. The molecular formula is C14H11Cl2N5O2S. The third kappa shape index (κ3) is 3.75. The van der Waals surface area contributed by atoms with Crippen LogP contribution >= 0.6 is 35.4 Å². The molecule has 0 amide bonds. The standard InChI is InChI=1S/C14H11Cl2N5O2S/c15-9-2-1-3-11(13(9)16)18-14(24)19-17-7-8-4-5-10-12(6-8)21(22)23-20-10/h1-7,20-21H,(H2,18,19,24)/b17-7+. The van der Waals surface area contributed by atoms with E-state index in [0.717, 1.165) is 0 Å². The van der Waals surface area contributed by atoms with Crippen LogP contribution in [-0.4, -0.2) is 11.3 Å². The molecule has 0 saturated carbocycles. The van der Waals surface area contributed by atoms with Crippen LogP contribution < -0.4 is 21.4 Å². The molecule has 0 saturated heterocycles. The molecule has 1 unspecified atom stereocenters. The van der Waals surface area contributed by atoms with Crippen molar-refractivity contribution in [3.05, 3.63) is 57.2 Å². The number of rotatable bonds is 3. The number of nitrogens with one attached hydrogen (secondary N) is 4. The Bertz CT molecular complexity index is 818. The van der Waals surface area contributed by atoms with Crippen molar-refractivity contribution in [2.45, 2.75) is 0 Å². The Labute approximate surface area is 152 Å². The number of quaternary nitrogens is 1. The summed E-state index contributed by atoms with van der Waals surface area (Å²) in [7, 11) is 0. The van der Waals surface area contributed by atoms with E-state index in [0.29, 0.717) is 32.7 Å². The predicted octanol–water partition coefficient (Wildman–Crippen LogP) is 2.60. The zero-order chi connectivity index (χ0) is 17.1. The zero-order valence-electron chi connectivity index (χ0n) is 12.0. The fourth-order valence-electron chi connectivity index (χ4n) is 1.97. The number of anilines is 2. The molecule has 1 aliphatic rings. The number of nitrogens with zero attached hydrogens (tertiary/aromatic N) is 1. The average Bonchev–Trinajstić information content (AvgIpc) is 2.93. The molecule has 124 valence electrons. The lowest BCUT2D eigenvalue weighted by Crippen LogP contribution is -2.99. The van der Waals surface area contributed by atoms with Gasteiger partial charge in [-0.3, -0.25) is 5.43 Å². The zero-order valence-corrected chi connectivity index (χ0v) is 14.3. The molecule has 1 atom stereocenters. The van der Waals surface area contributed by atoms with Crippen molar-refractivity contribution in [2.75, 3.05) is 10.8 Å². The first kappa shape index (κ1) is 16.9. The summed E-state index contributed by atoms with van der Waals surface area (Å²) in [6.45, 7) is 0. The topological polar surface area (TPSA) is 85.2 Å². The first-order valence-electron chi connectivity index (χ1n) is 6.70. The Balaban J connectivity index is 1.61. The second kappa shape index (κ2) is 7.31. The van der Waals surface area contributed by atoms with Crippen LogP contribution in [0.3, 0.4) is 0 Å². The van der Waals surface area contributed by atoms with Gasteiger partial charge in [-0.15, -0.1) is 0 Å². The van der Waals surface area contributed by atoms with E-state index < -0.39 is 5.23 Å². The number of hydrogen-bond acceptors (Lipinski definition) is 5. The molecule has 0 aliphatic carbocycles. The highest BCUT2D eigenvalue weighted by molar-refractivity contribution is 7.80. The molecule has 7 nitrogen and oxygen atoms in total. The molecular weight excluding hydrogens is 373 g/mol. The SMILES string of the molecule is [O-][NH+]1ONc2ccc(/C=N/NC(=S)Nc3cccc(Cl)c3Cl)cc21. The van der Waals surface area contributed by atoms with Crippen LogP contribution in [0.5, 0.6) is 0 Å². The van der Waals surface area contributed by atoms with Crippen molar-refractivity contribution in [1.82, 2.24) is 5.43 Å². The molecule has 1 heterocycles. The summed E-state index contributed by atoms with van der Waals surface area (Å²) < 4.78 is 0. The molecule has 3 rings (SSSR count). The summed E-state index contributed by atoms with van der Waals surface area (Å²) in [6, 6.07) is 10.3. The van der Waals surface area contributed by atoms with Gasteiger partial charge in [0.1, 0.15) is 5.69 Å². The molecule has 24 heavy (non-hydrogen) atoms. The van der Waals surface area contributed by atoms with Crippen molar-refractivity contribution in [1.29, 1.82) is 0 Å². The van der Waals surface area contributed by atoms with Gasteiger partial charge in [0, 0.05) is 11.6 Å². The molecule has 2 aromatic carbocycles. The van der Waals surface area contributed by atoms with E-state index in [-0.39, 0.29) is 5.11 Å². The van der Waals surface area contributed by atoms with Crippen molar-refractivity contribution in [3.8, 4) is 0 Å². The lowest BCUT2D eigenvalue weighted by molar-refractivity contribution is -0.984. The van der Waals surface area contributed by atoms with Crippen molar-refractivity contribution in [3.63, 3.8) is 0 Å². The Morgan fingerprint density at radius 1 is 1.33 bits per heavy atom. The monoisotopic (exact) mass is 383 g/mol. The van der Waals surface area contributed by atoms with Gasteiger partial charge in [-0.1, -0.05) is 40.3 Å². The lowest BCUT2D eigenvalue weighted by Gasteiger charge is -2.10. The van der Waals surface area contributed by atoms with Gasteiger partial charge < -0.3 is 10.5 Å². The Morgan fingerprint density at radius 2 is 2.17 bits per heavy atom. The smallest absolute Gasteiger partial charge is 0.192 e. The number of fused-ring (bicyclic) bond motifs is 1. The van der Waals surface area contributed by atoms with Crippen molar-refractivity contribution < 1.29 is 10.2 Å². The molecule has 0 spiro atoms. The highest BCUT2D eigenvalue weighted by Crippen LogP contribution is 2.29. The van der Waals surface area contributed by atoms with Crippen LogP contribution in [0.15, 0.2) is 41.5 Å². The quantitative estimate of drug-likeness (QED) is 0.282. The summed E-state index contributed by atoms with van der Waals surface area (Å²) in [5, 5.41) is 19.0. The number of hydrazone groups is 1. The van der Waals surface area contributed by atoms with Gasteiger partial charge in [-0.2, -0.15) is 10.3 Å². The normalized spacial score (nSPS) is 15.9. The fraction of sp³-hybridized carbons (Fsp3) is 0. The van der Waals surface area contributed by atoms with Crippen molar-refractivity contribution in [2.24, 2.45) is 5.10 Å². The predicted molar refractivity (Wildman–Crippen MR) is 98.6 cm³/mol. The summed E-state index contributed by atoms with van der Waals surface area (Å²) >= 11 is 17.1. The fourth-order valence-corrected chi connectivity index (χ4v) is 2.48. The third-order valence-corrected chi connectivity index (χ3v) is 4.11. The van der Waals surface area contributed by atoms with Crippen LogP contribution in [-0.2, 0) is 4.94 Å². The summed E-state index contributed by atoms with van der Waals surface area (Å²) in [5.41, 5.74) is 7.54. The maximum Gasteiger partial charge on any atom is 0.192 e. The third-order valence-electron chi connectivity index (χ3n) is 3.10. The van der Waals surface area contributed by atoms with E-state index in [2.05, 4.69) is 21.3 Å². The number of thiocarbonyl (C=S) groups is 1. The molecule has 0 aromatic heterocycles. The summed E-state index contributed by atoms with van der Waals surface area (Å²) in [4.78, 5) is 4.71. The lowest BCUT2D eigenvalue weighted by atomic mass is 10.2. The van der Waals surface area contributed by atoms with Gasteiger partial charge in [0.25, 0.3) is 0 Å². The first-order chi connectivity index (χ1) is 11.5. The molecule has 2 aromatic rings. The van der Waals surface area contributed by atoms with Gasteiger partial charge >= 0.3 is 0 Å². The average molecular weight is 384 g/mol. The molecule has 0 bridgehead atoms. The molecule has 0 fully saturated rings. The van der Waals surface area contributed by atoms with Gasteiger partial charge in [0.15, 0.2) is 10.8 Å². The largest absolute Gasteiger partial charge is 0.593 e. The molecule has 1 aliphatic heterocycles. The van der Waals surface area contributed by atoms with Crippen LogP contribution in [0.2, 0.25) is 10.0 Å². The Kier molecular flexibility index (Phi) is 5.14. The van der Waals surface area contributed by atoms with Crippen LogP contribution in [0.1, 0.15) is 5.56 Å². The van der Waals surface area contributed by atoms with Gasteiger partial charge in [0.05, 0.1) is 21.9 Å². The maximum atomic E-state index is 11.5. The van der Waals surface area contributed by atoms with Crippen LogP contribution in [0.4, 0.5) is 17.1 Å². The summed E-state index contributed by atoms with van der Waals surface area (Å²) in [5.74, 6) is 0. The van der Waals surface area contributed by atoms with E-state index >= 15 is 0 Å². The Hall–Kier alpha value is -1.94. The van der Waals surface area contributed by atoms with E-state index in [1.807, 2.05) is 0 Å².